The minimum atomic E-state index is -4.48. The van der Waals surface area contributed by atoms with E-state index >= 15 is 0 Å². The van der Waals surface area contributed by atoms with Crippen molar-refractivity contribution in [1.29, 1.82) is 0 Å². The molecule has 1 atom stereocenters. The first-order valence-corrected chi connectivity index (χ1v) is 10.8. The maximum Gasteiger partial charge on any atom is 0.416 e. The highest BCUT2D eigenvalue weighted by atomic mass is 32.1. The number of rotatable bonds is 5. The Morgan fingerprint density at radius 2 is 2.06 bits per heavy atom. The zero-order chi connectivity index (χ0) is 22.3. The minimum Gasteiger partial charge on any atom is -0.492 e. The molecule has 2 aromatic heterocycles. The van der Waals surface area contributed by atoms with Crippen LogP contribution in [0.15, 0.2) is 24.3 Å². The number of aryl methyl sites for hydroxylation is 1. The monoisotopic (exact) mass is 453 g/mol. The van der Waals surface area contributed by atoms with Gasteiger partial charge in [-0.2, -0.15) is 17.7 Å². The lowest BCUT2D eigenvalue weighted by Gasteiger charge is -2.36. The Morgan fingerprint density at radius 3 is 2.65 bits per heavy atom. The van der Waals surface area contributed by atoms with Gasteiger partial charge < -0.3 is 10.8 Å². The number of hydrogen-bond acceptors (Lipinski definition) is 6. The second kappa shape index (κ2) is 8.12. The highest BCUT2D eigenvalue weighted by molar-refractivity contribution is 7.17. The van der Waals surface area contributed by atoms with E-state index < -0.39 is 17.8 Å². The average molecular weight is 453 g/mol. The Bertz CT molecular complexity index is 1100. The molecular formula is C20H22F3N5O2S. The lowest BCUT2D eigenvalue weighted by molar-refractivity contribution is -0.137. The van der Waals surface area contributed by atoms with Crippen LogP contribution < -0.4 is 5.73 Å². The Balaban J connectivity index is 1.78. The lowest BCUT2D eigenvalue weighted by atomic mass is 9.93. The molecule has 3 heterocycles. The van der Waals surface area contributed by atoms with Crippen molar-refractivity contribution in [3.63, 3.8) is 0 Å². The molecule has 0 radical (unpaired) electrons. The molecule has 1 aromatic carbocycles. The molecule has 0 saturated carbocycles. The Morgan fingerprint density at radius 1 is 1.35 bits per heavy atom. The van der Waals surface area contributed by atoms with Crippen LogP contribution in [-0.2, 0) is 17.4 Å². The summed E-state index contributed by atoms with van der Waals surface area (Å²) in [5.41, 5.74) is 5.08. The van der Waals surface area contributed by atoms with Crippen LogP contribution in [-0.4, -0.2) is 43.6 Å². The van der Waals surface area contributed by atoms with Crippen LogP contribution in [0.5, 0.6) is 5.88 Å². The number of thiazole rings is 1. The van der Waals surface area contributed by atoms with Gasteiger partial charge >= 0.3 is 6.18 Å². The van der Waals surface area contributed by atoms with Gasteiger partial charge in [0.05, 0.1) is 16.5 Å². The molecule has 11 heteroatoms. The van der Waals surface area contributed by atoms with E-state index in [4.69, 9.17) is 5.73 Å². The van der Waals surface area contributed by atoms with Gasteiger partial charge in [0.15, 0.2) is 5.82 Å². The van der Waals surface area contributed by atoms with E-state index in [1.807, 2.05) is 11.8 Å². The standard InChI is InChI=1S/C20H22F3N5O2S/c1-2-14-25-19-28(26-14)18(30)16(31-19)15(27-8-6-11(7-9-27)17(24)29)12-4-3-5-13(10-12)20(21,22)23/h3-5,10-11,15,30H,2,6-9H2,1H3,(H2,24,29)/t15-/m0/s1. The van der Waals surface area contributed by atoms with Crippen LogP contribution in [0.2, 0.25) is 0 Å². The first kappa shape index (κ1) is 21.6. The van der Waals surface area contributed by atoms with Crippen molar-refractivity contribution in [2.45, 2.75) is 38.4 Å². The average Bonchev–Trinajstić information content (AvgIpc) is 3.27. The first-order valence-electron chi connectivity index (χ1n) is 9.96. The van der Waals surface area contributed by atoms with Gasteiger partial charge in [-0.25, -0.2) is 4.98 Å². The summed E-state index contributed by atoms with van der Waals surface area (Å²) >= 11 is 1.20. The number of nitrogens with zero attached hydrogens (tertiary/aromatic N) is 4. The molecule has 0 spiro atoms. The van der Waals surface area contributed by atoms with Crippen LogP contribution in [0, 0.1) is 5.92 Å². The maximum atomic E-state index is 13.4. The molecule has 0 unspecified atom stereocenters. The number of aromatic hydroxyl groups is 1. The van der Waals surface area contributed by atoms with Crippen LogP contribution >= 0.6 is 11.3 Å². The summed E-state index contributed by atoms with van der Waals surface area (Å²) in [4.78, 5) is 18.8. The number of alkyl halides is 3. The van der Waals surface area contributed by atoms with Gasteiger partial charge in [-0.05, 0) is 43.6 Å². The zero-order valence-electron chi connectivity index (χ0n) is 16.8. The van der Waals surface area contributed by atoms with E-state index in [9.17, 15) is 23.1 Å². The van der Waals surface area contributed by atoms with E-state index in [0.717, 1.165) is 12.1 Å². The molecule has 0 aliphatic carbocycles. The highest BCUT2D eigenvalue weighted by Crippen LogP contribution is 2.42. The van der Waals surface area contributed by atoms with Gasteiger partial charge in [-0.15, -0.1) is 5.10 Å². The number of nitrogens with two attached hydrogens (primary N) is 1. The normalized spacial score (nSPS) is 17.3. The van der Waals surface area contributed by atoms with Gasteiger partial charge in [0.2, 0.25) is 16.7 Å². The quantitative estimate of drug-likeness (QED) is 0.618. The number of halogens is 3. The van der Waals surface area contributed by atoms with Crippen molar-refractivity contribution in [1.82, 2.24) is 19.5 Å². The first-order chi connectivity index (χ1) is 14.7. The summed E-state index contributed by atoms with van der Waals surface area (Å²) in [6.07, 6.45) is -2.87. The summed E-state index contributed by atoms with van der Waals surface area (Å²) in [6, 6.07) is 4.49. The van der Waals surface area contributed by atoms with Gasteiger partial charge in [-0.1, -0.05) is 30.4 Å². The fraction of sp³-hybridized carbons (Fsp3) is 0.450. The number of primary amides is 1. The SMILES string of the molecule is CCc1nc2sc([C@H](c3cccc(C(F)(F)F)c3)N3CCC(C(N)=O)CC3)c(O)n2n1. The Hall–Kier alpha value is -2.66. The number of likely N-dealkylation sites (tertiary alicyclic amines) is 1. The number of carbonyl (C=O) groups excluding carboxylic acids is 1. The fourth-order valence-corrected chi connectivity index (χ4v) is 5.11. The molecule has 7 nitrogen and oxygen atoms in total. The summed E-state index contributed by atoms with van der Waals surface area (Å²) < 4.78 is 41.4. The van der Waals surface area contributed by atoms with E-state index in [1.165, 1.54) is 21.9 Å². The lowest BCUT2D eigenvalue weighted by Crippen LogP contribution is -2.40. The van der Waals surface area contributed by atoms with Crippen molar-refractivity contribution < 1.29 is 23.1 Å². The number of benzene rings is 1. The van der Waals surface area contributed by atoms with E-state index in [0.29, 0.717) is 53.6 Å². The molecular weight excluding hydrogens is 431 g/mol. The third kappa shape index (κ3) is 4.11. The van der Waals surface area contributed by atoms with Gasteiger partial charge in [-0.3, -0.25) is 9.69 Å². The van der Waals surface area contributed by atoms with Gasteiger partial charge in [0, 0.05) is 12.3 Å². The smallest absolute Gasteiger partial charge is 0.416 e. The molecule has 3 aromatic rings. The number of hydrogen-bond donors (Lipinski definition) is 2. The molecule has 1 saturated heterocycles. The molecule has 1 fully saturated rings. The summed E-state index contributed by atoms with van der Waals surface area (Å²) in [5, 5.41) is 15.1. The largest absolute Gasteiger partial charge is 0.492 e. The van der Waals surface area contributed by atoms with Crippen molar-refractivity contribution in [2.75, 3.05) is 13.1 Å². The van der Waals surface area contributed by atoms with Crippen molar-refractivity contribution in [2.24, 2.45) is 11.7 Å². The van der Waals surface area contributed by atoms with Crippen LogP contribution in [0.25, 0.3) is 4.96 Å². The van der Waals surface area contributed by atoms with Crippen molar-refractivity contribution in [3.05, 3.63) is 46.1 Å². The number of amides is 1. The minimum absolute atomic E-state index is 0.133. The molecule has 4 rings (SSSR count). The number of fused-ring (bicyclic) bond motifs is 1. The molecule has 166 valence electrons. The van der Waals surface area contributed by atoms with Gasteiger partial charge in [0.1, 0.15) is 0 Å². The van der Waals surface area contributed by atoms with Gasteiger partial charge in [0.25, 0.3) is 0 Å². The van der Waals surface area contributed by atoms with E-state index in [1.54, 1.807) is 6.07 Å². The number of piperidine rings is 1. The summed E-state index contributed by atoms with van der Waals surface area (Å²) in [7, 11) is 0. The summed E-state index contributed by atoms with van der Waals surface area (Å²) in [5.74, 6) is -0.192. The predicted octanol–water partition coefficient (Wildman–Crippen LogP) is 3.36. The molecule has 1 aliphatic heterocycles. The molecule has 31 heavy (non-hydrogen) atoms. The maximum absolute atomic E-state index is 13.4. The molecule has 3 N–H and O–H groups in total. The zero-order valence-corrected chi connectivity index (χ0v) is 17.6. The third-order valence-corrected chi connectivity index (χ3v) is 6.71. The van der Waals surface area contributed by atoms with Crippen LogP contribution in [0.3, 0.4) is 0 Å². The van der Waals surface area contributed by atoms with E-state index in [-0.39, 0.29) is 17.7 Å². The predicted molar refractivity (Wildman–Crippen MR) is 109 cm³/mol. The van der Waals surface area contributed by atoms with Crippen molar-refractivity contribution >= 4 is 22.2 Å². The molecule has 1 amide bonds. The number of aromatic nitrogens is 3. The highest BCUT2D eigenvalue weighted by Gasteiger charge is 2.36. The van der Waals surface area contributed by atoms with E-state index in [2.05, 4.69) is 10.1 Å². The Labute approximate surface area is 180 Å². The molecule has 1 aliphatic rings. The van der Waals surface area contributed by atoms with Crippen molar-refractivity contribution in [3.8, 4) is 5.88 Å². The van der Waals surface area contributed by atoms with Crippen LogP contribution in [0.4, 0.5) is 13.2 Å². The third-order valence-electron chi connectivity index (χ3n) is 5.63. The topological polar surface area (TPSA) is 96.8 Å². The summed E-state index contributed by atoms with van der Waals surface area (Å²) in [6.45, 7) is 2.81. The van der Waals surface area contributed by atoms with Crippen LogP contribution in [0.1, 0.15) is 47.6 Å². The Kier molecular flexibility index (Phi) is 5.65. The number of carbonyl (C=O) groups is 1. The second-order valence-corrected chi connectivity index (χ2v) is 8.61. The molecule has 0 bridgehead atoms. The second-order valence-electron chi connectivity index (χ2n) is 7.60. The fourth-order valence-electron chi connectivity index (χ4n) is 3.97.